The number of nitrogens with zero attached hydrogens (tertiary/aromatic N) is 3. The van der Waals surface area contributed by atoms with Gasteiger partial charge < -0.3 is 4.90 Å². The second-order valence-corrected chi connectivity index (χ2v) is 8.14. The molecule has 34 heavy (non-hydrogen) atoms. The predicted molar refractivity (Wildman–Crippen MR) is 132 cm³/mol. The highest BCUT2D eigenvalue weighted by Crippen LogP contribution is 2.36. The van der Waals surface area contributed by atoms with Crippen LogP contribution in [0.1, 0.15) is 30.9 Å². The summed E-state index contributed by atoms with van der Waals surface area (Å²) in [4.78, 5) is 40.7. The number of para-hydroxylation sites is 1. The number of unbranched alkanes of at least 4 members (excludes halogenated alkanes) is 1. The lowest BCUT2D eigenvalue weighted by Crippen LogP contribution is -2.34. The molecule has 1 heterocycles. The van der Waals surface area contributed by atoms with Crippen LogP contribution in [0.25, 0.3) is 5.57 Å². The monoisotopic (exact) mass is 455 g/mol. The predicted octanol–water partition coefficient (Wildman–Crippen LogP) is 5.36. The number of aryl methyl sites for hydroxylation is 1. The lowest BCUT2D eigenvalue weighted by molar-refractivity contribution is -0.384. The first kappa shape index (κ1) is 22.9. The Bertz CT molecular complexity index is 1250. The van der Waals surface area contributed by atoms with E-state index in [2.05, 4.69) is 6.92 Å². The average molecular weight is 456 g/mol. The molecular weight excluding hydrogens is 430 g/mol. The maximum absolute atomic E-state index is 13.6. The lowest BCUT2D eigenvalue weighted by Gasteiger charge is -2.21. The first-order valence-electron chi connectivity index (χ1n) is 11.2. The smallest absolute Gasteiger partial charge is 0.282 e. The Morgan fingerprint density at radius 1 is 0.882 bits per heavy atom. The van der Waals surface area contributed by atoms with Crippen molar-refractivity contribution < 1.29 is 14.5 Å². The molecule has 3 aromatic carbocycles. The maximum Gasteiger partial charge on any atom is 0.282 e. The molecule has 3 aromatic rings. The van der Waals surface area contributed by atoms with Crippen LogP contribution in [0.15, 0.2) is 84.6 Å². The van der Waals surface area contributed by atoms with Crippen LogP contribution < -0.4 is 9.80 Å². The highest BCUT2D eigenvalue weighted by molar-refractivity contribution is 6.46. The first-order chi connectivity index (χ1) is 16.4. The molecule has 0 saturated heterocycles. The van der Waals surface area contributed by atoms with Crippen molar-refractivity contribution in [3.8, 4) is 0 Å². The summed E-state index contributed by atoms with van der Waals surface area (Å²) in [5.74, 6) is -0.899. The van der Waals surface area contributed by atoms with E-state index in [0.29, 0.717) is 11.3 Å². The van der Waals surface area contributed by atoms with E-state index in [0.717, 1.165) is 30.5 Å². The fourth-order valence-corrected chi connectivity index (χ4v) is 4.05. The van der Waals surface area contributed by atoms with Crippen molar-refractivity contribution in [3.63, 3.8) is 0 Å². The second-order valence-electron chi connectivity index (χ2n) is 8.14. The number of rotatable bonds is 8. The number of non-ortho nitro benzene ring substituents is 1. The van der Waals surface area contributed by atoms with Crippen LogP contribution in [-0.2, 0) is 16.0 Å². The van der Waals surface area contributed by atoms with Gasteiger partial charge in [-0.05, 0) is 60.4 Å². The van der Waals surface area contributed by atoms with Crippen molar-refractivity contribution in [1.29, 1.82) is 0 Å². The van der Waals surface area contributed by atoms with E-state index in [1.54, 1.807) is 24.1 Å². The molecule has 2 amide bonds. The van der Waals surface area contributed by atoms with Crippen LogP contribution in [0.5, 0.6) is 0 Å². The Hall–Kier alpha value is -4.26. The molecule has 0 aromatic heterocycles. The van der Waals surface area contributed by atoms with Gasteiger partial charge in [-0.1, -0.05) is 43.7 Å². The van der Waals surface area contributed by atoms with Gasteiger partial charge in [-0.2, -0.15) is 0 Å². The second kappa shape index (κ2) is 9.70. The Kier molecular flexibility index (Phi) is 6.54. The number of hydrogen-bond acceptors (Lipinski definition) is 5. The number of anilines is 2. The van der Waals surface area contributed by atoms with Gasteiger partial charge in [0.15, 0.2) is 0 Å². The minimum absolute atomic E-state index is 0.0846. The molecule has 7 nitrogen and oxygen atoms in total. The molecular formula is C27H25N3O4. The summed E-state index contributed by atoms with van der Waals surface area (Å²) in [5, 5.41) is 11.1. The minimum atomic E-state index is -0.497. The third kappa shape index (κ3) is 4.32. The molecule has 0 fully saturated rings. The average Bonchev–Trinajstić information content (AvgIpc) is 3.13. The molecule has 0 saturated carbocycles. The summed E-state index contributed by atoms with van der Waals surface area (Å²) < 4.78 is 0. The van der Waals surface area contributed by atoms with Crippen molar-refractivity contribution in [3.05, 3.63) is 106 Å². The summed E-state index contributed by atoms with van der Waals surface area (Å²) in [5.41, 5.74) is 3.18. The first-order valence-corrected chi connectivity index (χ1v) is 11.2. The minimum Gasteiger partial charge on any atom is -0.339 e. The number of amides is 2. The normalized spacial score (nSPS) is 13.5. The highest BCUT2D eigenvalue weighted by atomic mass is 16.6. The zero-order chi connectivity index (χ0) is 24.2. The van der Waals surface area contributed by atoms with Gasteiger partial charge in [-0.3, -0.25) is 19.7 Å². The Morgan fingerprint density at radius 3 is 2.12 bits per heavy atom. The molecule has 1 aliphatic heterocycles. The van der Waals surface area contributed by atoms with Gasteiger partial charge >= 0.3 is 0 Å². The molecule has 0 unspecified atom stereocenters. The zero-order valence-electron chi connectivity index (χ0n) is 19.1. The Morgan fingerprint density at radius 2 is 1.53 bits per heavy atom. The van der Waals surface area contributed by atoms with E-state index in [4.69, 9.17) is 0 Å². The van der Waals surface area contributed by atoms with E-state index in [9.17, 15) is 19.7 Å². The number of carbonyl (C=O) groups excluding carboxylic acids is 2. The van der Waals surface area contributed by atoms with Crippen molar-refractivity contribution >= 4 is 34.4 Å². The van der Waals surface area contributed by atoms with Gasteiger partial charge in [-0.25, -0.2) is 4.90 Å². The molecule has 0 aliphatic carbocycles. The number of nitro benzene ring substituents is 1. The summed E-state index contributed by atoms with van der Waals surface area (Å²) >= 11 is 0. The fraction of sp³-hybridized carbons (Fsp3) is 0.185. The zero-order valence-corrected chi connectivity index (χ0v) is 19.1. The van der Waals surface area contributed by atoms with E-state index < -0.39 is 16.7 Å². The Labute approximate surface area is 198 Å². The third-order valence-electron chi connectivity index (χ3n) is 5.92. The highest BCUT2D eigenvalue weighted by Gasteiger charge is 2.42. The van der Waals surface area contributed by atoms with Crippen molar-refractivity contribution in [2.24, 2.45) is 0 Å². The van der Waals surface area contributed by atoms with E-state index in [1.807, 2.05) is 42.5 Å². The number of carbonyl (C=O) groups is 2. The van der Waals surface area contributed by atoms with Crippen molar-refractivity contribution in [2.75, 3.05) is 16.8 Å². The molecule has 0 N–H and O–H groups in total. The largest absolute Gasteiger partial charge is 0.339 e. The molecule has 0 bridgehead atoms. The van der Waals surface area contributed by atoms with Gasteiger partial charge in [0.2, 0.25) is 0 Å². The van der Waals surface area contributed by atoms with Crippen LogP contribution in [0.3, 0.4) is 0 Å². The quantitative estimate of drug-likeness (QED) is 0.259. The topological polar surface area (TPSA) is 83.8 Å². The van der Waals surface area contributed by atoms with Crippen LogP contribution in [-0.4, -0.2) is 23.8 Å². The summed E-state index contributed by atoms with van der Waals surface area (Å²) in [6.45, 7) is 2.13. The summed E-state index contributed by atoms with van der Waals surface area (Å²) in [6.07, 6.45) is 3.09. The molecule has 172 valence electrons. The lowest BCUT2D eigenvalue weighted by atomic mass is 10.0. The molecule has 0 atom stereocenters. The van der Waals surface area contributed by atoms with Crippen LogP contribution >= 0.6 is 0 Å². The number of likely N-dealkylation sites (N-methyl/N-ethyl adjacent to an activating group) is 1. The maximum atomic E-state index is 13.6. The molecule has 1 aliphatic rings. The number of nitro groups is 1. The SMILES string of the molecule is CCCCc1ccc(N2C(=O)C(c3ccc([N+](=O)[O-])cc3)=C(N(C)c3ccccc3)C2=O)cc1. The van der Waals surface area contributed by atoms with Crippen molar-refractivity contribution in [2.45, 2.75) is 26.2 Å². The van der Waals surface area contributed by atoms with Gasteiger partial charge in [0.1, 0.15) is 5.70 Å². The van der Waals surface area contributed by atoms with Crippen LogP contribution in [0, 0.1) is 10.1 Å². The van der Waals surface area contributed by atoms with E-state index >= 15 is 0 Å². The van der Waals surface area contributed by atoms with Crippen LogP contribution in [0.4, 0.5) is 17.1 Å². The molecule has 4 rings (SSSR count). The number of hydrogen-bond donors (Lipinski definition) is 0. The standard InChI is InChI=1S/C27H25N3O4/c1-3-4-8-19-11-15-22(16-12-19)29-26(31)24(20-13-17-23(18-14-20)30(33)34)25(27(29)32)28(2)21-9-6-5-7-10-21/h5-7,9-18H,3-4,8H2,1-2H3. The van der Waals surface area contributed by atoms with Crippen LogP contribution in [0.2, 0.25) is 0 Å². The fourth-order valence-electron chi connectivity index (χ4n) is 4.05. The van der Waals surface area contributed by atoms with Gasteiger partial charge in [0, 0.05) is 24.9 Å². The molecule has 7 heteroatoms. The summed E-state index contributed by atoms with van der Waals surface area (Å²) in [7, 11) is 1.73. The van der Waals surface area contributed by atoms with Gasteiger partial charge in [0.25, 0.3) is 17.5 Å². The third-order valence-corrected chi connectivity index (χ3v) is 5.92. The molecule has 0 spiro atoms. The Balaban J connectivity index is 1.78. The van der Waals surface area contributed by atoms with Crippen molar-refractivity contribution in [1.82, 2.24) is 0 Å². The van der Waals surface area contributed by atoms with Gasteiger partial charge in [-0.15, -0.1) is 0 Å². The molecule has 0 radical (unpaired) electrons. The number of benzene rings is 3. The van der Waals surface area contributed by atoms with Gasteiger partial charge in [0.05, 0.1) is 16.2 Å². The van der Waals surface area contributed by atoms with E-state index in [1.165, 1.54) is 29.2 Å². The summed E-state index contributed by atoms with van der Waals surface area (Å²) in [6, 6.07) is 22.4. The number of imide groups is 1. The van der Waals surface area contributed by atoms with E-state index in [-0.39, 0.29) is 17.0 Å².